The number of aliphatic hydroxyl groups excluding tert-OH is 1. The van der Waals surface area contributed by atoms with E-state index in [4.69, 9.17) is 9.72 Å². The van der Waals surface area contributed by atoms with E-state index >= 15 is 0 Å². The van der Waals surface area contributed by atoms with E-state index in [-0.39, 0.29) is 12.2 Å². The van der Waals surface area contributed by atoms with Gasteiger partial charge in [0, 0.05) is 37.1 Å². The number of ether oxygens (including phenoxy) is 1. The Morgan fingerprint density at radius 1 is 1.31 bits per heavy atom. The van der Waals surface area contributed by atoms with Crippen molar-refractivity contribution in [1.82, 2.24) is 14.5 Å². The van der Waals surface area contributed by atoms with Gasteiger partial charge in [-0.25, -0.2) is 4.98 Å². The van der Waals surface area contributed by atoms with Crippen molar-refractivity contribution >= 4 is 11.0 Å². The van der Waals surface area contributed by atoms with Crippen molar-refractivity contribution in [2.24, 2.45) is 5.92 Å². The smallest absolute Gasteiger partial charge is 0.250 e. The minimum absolute atomic E-state index is 0.00411. The van der Waals surface area contributed by atoms with Crippen LogP contribution in [0.5, 0.6) is 0 Å². The second-order valence-electron chi connectivity index (χ2n) is 6.98. The molecular formula is C20H23N3O3. The van der Waals surface area contributed by atoms with Crippen LogP contribution in [0.15, 0.2) is 35.3 Å². The molecule has 0 unspecified atom stereocenters. The number of pyridine rings is 1. The highest BCUT2D eigenvalue weighted by Gasteiger charge is 2.20. The molecule has 0 saturated carbocycles. The first-order valence-corrected chi connectivity index (χ1v) is 9.03. The lowest BCUT2D eigenvalue weighted by atomic mass is 10.00. The second kappa shape index (κ2) is 7.05. The zero-order chi connectivity index (χ0) is 18.1. The van der Waals surface area contributed by atoms with Gasteiger partial charge < -0.3 is 19.4 Å². The Bertz CT molecular complexity index is 984. The zero-order valence-corrected chi connectivity index (χ0v) is 14.9. The fraction of sp³-hybridized carbons (Fsp3) is 0.400. The lowest BCUT2D eigenvalue weighted by molar-refractivity contribution is 0.0617. The van der Waals surface area contributed by atoms with Crippen molar-refractivity contribution in [2.75, 3.05) is 13.2 Å². The van der Waals surface area contributed by atoms with Crippen LogP contribution in [0.1, 0.15) is 24.0 Å². The van der Waals surface area contributed by atoms with Gasteiger partial charge in [-0.05, 0) is 49.4 Å². The molecule has 0 aliphatic carbocycles. The van der Waals surface area contributed by atoms with Gasteiger partial charge >= 0.3 is 0 Å². The molecular weight excluding hydrogens is 330 g/mol. The van der Waals surface area contributed by atoms with Crippen molar-refractivity contribution in [3.05, 3.63) is 51.9 Å². The van der Waals surface area contributed by atoms with Crippen LogP contribution >= 0.6 is 0 Å². The Labute approximate surface area is 151 Å². The summed E-state index contributed by atoms with van der Waals surface area (Å²) in [6.07, 6.45) is 3.81. The molecule has 26 heavy (non-hydrogen) atoms. The lowest BCUT2D eigenvalue weighted by Crippen LogP contribution is -2.21. The third-order valence-electron chi connectivity index (χ3n) is 5.12. The topological polar surface area (TPSA) is 80.1 Å². The van der Waals surface area contributed by atoms with Crippen LogP contribution < -0.4 is 5.56 Å². The van der Waals surface area contributed by atoms with Crippen molar-refractivity contribution < 1.29 is 9.84 Å². The number of H-pyrrole nitrogens is 1. The average Bonchev–Trinajstić information content (AvgIpc) is 3.02. The summed E-state index contributed by atoms with van der Waals surface area (Å²) in [6.45, 7) is 4.28. The van der Waals surface area contributed by atoms with E-state index in [0.29, 0.717) is 11.5 Å². The van der Waals surface area contributed by atoms with Gasteiger partial charge in [0.2, 0.25) is 0 Å². The van der Waals surface area contributed by atoms with Crippen LogP contribution in [0.4, 0.5) is 0 Å². The van der Waals surface area contributed by atoms with Crippen LogP contribution in [-0.4, -0.2) is 32.9 Å². The second-order valence-corrected chi connectivity index (χ2v) is 6.98. The summed E-state index contributed by atoms with van der Waals surface area (Å²) in [4.78, 5) is 19.4. The van der Waals surface area contributed by atoms with E-state index in [2.05, 4.69) is 9.55 Å². The number of aromatic nitrogens is 3. The highest BCUT2D eigenvalue weighted by atomic mass is 16.5. The molecule has 1 aromatic carbocycles. The van der Waals surface area contributed by atoms with Gasteiger partial charge in [-0.15, -0.1) is 0 Å². The normalized spacial score (nSPS) is 15.6. The van der Waals surface area contributed by atoms with Crippen LogP contribution in [0.2, 0.25) is 0 Å². The minimum atomic E-state index is -0.0802. The highest BCUT2D eigenvalue weighted by Crippen LogP contribution is 2.28. The molecule has 1 saturated heterocycles. The Kier molecular flexibility index (Phi) is 4.61. The molecule has 0 atom stereocenters. The molecule has 0 bridgehead atoms. The van der Waals surface area contributed by atoms with Crippen molar-refractivity contribution in [3.8, 4) is 11.4 Å². The number of fused-ring (bicyclic) bond motifs is 1. The fourth-order valence-electron chi connectivity index (χ4n) is 3.59. The number of aryl methyl sites for hydroxylation is 1. The molecule has 6 heteroatoms. The molecule has 3 aromatic rings. The summed E-state index contributed by atoms with van der Waals surface area (Å²) >= 11 is 0. The van der Waals surface area contributed by atoms with Crippen molar-refractivity contribution in [2.45, 2.75) is 32.9 Å². The van der Waals surface area contributed by atoms with E-state index in [1.807, 2.05) is 24.3 Å². The maximum Gasteiger partial charge on any atom is 0.250 e. The van der Waals surface area contributed by atoms with Gasteiger partial charge in [-0.1, -0.05) is 6.07 Å². The first kappa shape index (κ1) is 17.0. The number of benzene rings is 1. The Morgan fingerprint density at radius 2 is 2.12 bits per heavy atom. The van der Waals surface area contributed by atoms with Gasteiger partial charge in [0.25, 0.3) is 5.56 Å². The number of rotatable bonds is 4. The maximum atomic E-state index is 11.7. The lowest BCUT2D eigenvalue weighted by Gasteiger charge is -2.23. The monoisotopic (exact) mass is 353 g/mol. The van der Waals surface area contributed by atoms with E-state index in [0.717, 1.165) is 60.6 Å². The molecule has 136 valence electrons. The van der Waals surface area contributed by atoms with Crippen LogP contribution in [0.3, 0.4) is 0 Å². The van der Waals surface area contributed by atoms with Gasteiger partial charge in [-0.2, -0.15) is 0 Å². The number of nitrogens with one attached hydrogen (secondary N) is 1. The third kappa shape index (κ3) is 3.18. The number of nitrogens with zero attached hydrogens (tertiary/aromatic N) is 2. The van der Waals surface area contributed by atoms with E-state index in [1.165, 1.54) is 0 Å². The van der Waals surface area contributed by atoms with Gasteiger partial charge in [0.15, 0.2) is 0 Å². The summed E-state index contributed by atoms with van der Waals surface area (Å²) < 4.78 is 7.72. The molecule has 1 aliphatic heterocycles. The van der Waals surface area contributed by atoms with Gasteiger partial charge in [-0.3, -0.25) is 4.79 Å². The molecule has 0 spiro atoms. The van der Waals surface area contributed by atoms with E-state index < -0.39 is 0 Å². The Balaban J connectivity index is 1.84. The number of hydrogen-bond donors (Lipinski definition) is 2. The third-order valence-corrected chi connectivity index (χ3v) is 5.12. The standard InChI is InChI=1S/C20H23N3O3/c1-13-8-16(10-21-20(13)25)19-22-17-9-15(12-24)2-3-18(17)23(19)11-14-4-6-26-7-5-14/h2-3,8-10,14,24H,4-7,11-12H2,1H3,(H,21,25). The Morgan fingerprint density at radius 3 is 2.85 bits per heavy atom. The number of hydrogen-bond acceptors (Lipinski definition) is 4. The van der Waals surface area contributed by atoms with Crippen molar-refractivity contribution in [1.29, 1.82) is 0 Å². The largest absolute Gasteiger partial charge is 0.392 e. The van der Waals surface area contributed by atoms with E-state index in [1.54, 1.807) is 13.1 Å². The summed E-state index contributed by atoms with van der Waals surface area (Å²) in [5.41, 5.74) is 4.25. The molecule has 1 fully saturated rings. The average molecular weight is 353 g/mol. The van der Waals surface area contributed by atoms with E-state index in [9.17, 15) is 9.90 Å². The molecule has 2 aromatic heterocycles. The molecule has 4 rings (SSSR count). The molecule has 0 radical (unpaired) electrons. The predicted octanol–water partition coefficient (Wildman–Crippen LogP) is 2.62. The highest BCUT2D eigenvalue weighted by molar-refractivity contribution is 5.81. The van der Waals surface area contributed by atoms with Gasteiger partial charge in [0.1, 0.15) is 5.82 Å². The van der Waals surface area contributed by atoms with Crippen molar-refractivity contribution in [3.63, 3.8) is 0 Å². The van der Waals surface area contributed by atoms with Crippen LogP contribution in [-0.2, 0) is 17.9 Å². The molecule has 1 aliphatic rings. The first-order valence-electron chi connectivity index (χ1n) is 9.03. The summed E-state index contributed by atoms with van der Waals surface area (Å²) in [5, 5.41) is 9.43. The zero-order valence-electron chi connectivity index (χ0n) is 14.9. The quantitative estimate of drug-likeness (QED) is 0.756. The minimum Gasteiger partial charge on any atom is -0.392 e. The molecule has 0 amide bonds. The number of imidazole rings is 1. The number of aromatic amines is 1. The summed E-state index contributed by atoms with van der Waals surface area (Å²) in [5.74, 6) is 1.39. The maximum absolute atomic E-state index is 11.7. The molecule has 2 N–H and O–H groups in total. The molecule has 6 nitrogen and oxygen atoms in total. The summed E-state index contributed by atoms with van der Waals surface area (Å²) in [6, 6.07) is 7.77. The first-order chi connectivity index (χ1) is 12.7. The summed E-state index contributed by atoms with van der Waals surface area (Å²) in [7, 11) is 0. The fourth-order valence-corrected chi connectivity index (χ4v) is 3.59. The Hall–Kier alpha value is -2.44. The SMILES string of the molecule is Cc1cc(-c2nc3cc(CO)ccc3n2CC2CCOCC2)c[nH]c1=O. The predicted molar refractivity (Wildman–Crippen MR) is 100.0 cm³/mol. The van der Waals surface area contributed by atoms with Crippen LogP contribution in [0.25, 0.3) is 22.4 Å². The number of aliphatic hydroxyl groups is 1. The van der Waals surface area contributed by atoms with Gasteiger partial charge in [0.05, 0.1) is 17.6 Å². The molecule has 3 heterocycles. The van der Waals surface area contributed by atoms with Crippen LogP contribution in [0, 0.1) is 12.8 Å².